The van der Waals surface area contributed by atoms with Crippen molar-refractivity contribution >= 4 is 38.1 Å². The molecule has 0 bridgehead atoms. The zero-order valence-corrected chi connectivity index (χ0v) is 19.9. The third kappa shape index (κ3) is 4.61. The first-order chi connectivity index (χ1) is 15.6. The first kappa shape index (κ1) is 22.9. The molecule has 4 rings (SSSR count). The summed E-state index contributed by atoms with van der Waals surface area (Å²) in [6.45, 7) is 7.60. The molecule has 1 heterocycles. The number of piperazine rings is 1. The highest BCUT2D eigenvalue weighted by Crippen LogP contribution is 2.38. The summed E-state index contributed by atoms with van der Waals surface area (Å²) in [5.41, 5.74) is 6.87. The van der Waals surface area contributed by atoms with Crippen molar-refractivity contribution < 1.29 is 17.9 Å². The van der Waals surface area contributed by atoms with Crippen molar-refractivity contribution in [2.45, 2.75) is 36.2 Å². The van der Waals surface area contributed by atoms with Crippen LogP contribution in [0.2, 0.25) is 0 Å². The molecular formula is C25H29N3O4S. The summed E-state index contributed by atoms with van der Waals surface area (Å²) in [6, 6.07) is 17.5. The molecule has 1 aliphatic heterocycles. The highest BCUT2D eigenvalue weighted by molar-refractivity contribution is 7.91. The molecule has 0 aromatic heterocycles. The third-order valence-electron chi connectivity index (χ3n) is 5.64. The standard InChI is InChI=1S/C25H29N3O4S/c1-25(2,3)32-24(29)28-15-13-27(14-16-28)21-17-22(23(26)20-12-8-7-11-19(20)21)33(30,31)18-9-5-4-6-10-18/h4-12,17H,13-16,26H2,1-3H3. The fourth-order valence-electron chi connectivity index (χ4n) is 4.02. The predicted octanol–water partition coefficient (Wildman–Crippen LogP) is 4.31. The highest BCUT2D eigenvalue weighted by Gasteiger charge is 2.29. The van der Waals surface area contributed by atoms with Crippen molar-refractivity contribution in [1.82, 2.24) is 4.90 Å². The van der Waals surface area contributed by atoms with Crippen LogP contribution in [0.4, 0.5) is 16.2 Å². The molecule has 7 nitrogen and oxygen atoms in total. The molecule has 3 aromatic carbocycles. The van der Waals surface area contributed by atoms with E-state index in [4.69, 9.17) is 10.5 Å². The fourth-order valence-corrected chi connectivity index (χ4v) is 5.46. The molecule has 33 heavy (non-hydrogen) atoms. The van der Waals surface area contributed by atoms with E-state index in [2.05, 4.69) is 4.90 Å². The van der Waals surface area contributed by atoms with Crippen LogP contribution in [0.25, 0.3) is 10.8 Å². The number of sulfone groups is 1. The average molecular weight is 468 g/mol. The van der Waals surface area contributed by atoms with Crippen LogP contribution in [0.5, 0.6) is 0 Å². The van der Waals surface area contributed by atoms with Gasteiger partial charge in [0.15, 0.2) is 0 Å². The monoisotopic (exact) mass is 467 g/mol. The lowest BCUT2D eigenvalue weighted by molar-refractivity contribution is 0.0240. The Kier molecular flexibility index (Phi) is 5.97. The summed E-state index contributed by atoms with van der Waals surface area (Å²) >= 11 is 0. The number of hydrogen-bond acceptors (Lipinski definition) is 6. The number of amides is 1. The molecule has 174 valence electrons. The molecule has 0 spiro atoms. The SMILES string of the molecule is CC(C)(C)OC(=O)N1CCN(c2cc(S(=O)(=O)c3ccccc3)c(N)c3ccccc23)CC1. The van der Waals surface area contributed by atoms with Gasteiger partial charge in [0.1, 0.15) is 5.60 Å². The van der Waals surface area contributed by atoms with Crippen LogP contribution in [-0.2, 0) is 14.6 Å². The molecule has 3 aromatic rings. The third-order valence-corrected chi connectivity index (χ3v) is 7.45. The lowest BCUT2D eigenvalue weighted by atomic mass is 10.1. The van der Waals surface area contributed by atoms with Gasteiger partial charge in [-0.25, -0.2) is 13.2 Å². The van der Waals surface area contributed by atoms with Gasteiger partial charge in [0.2, 0.25) is 9.84 Å². The van der Waals surface area contributed by atoms with E-state index in [-0.39, 0.29) is 21.6 Å². The maximum Gasteiger partial charge on any atom is 0.410 e. The number of anilines is 2. The highest BCUT2D eigenvalue weighted by atomic mass is 32.2. The molecular weight excluding hydrogens is 438 g/mol. The van der Waals surface area contributed by atoms with E-state index in [9.17, 15) is 13.2 Å². The first-order valence-electron chi connectivity index (χ1n) is 10.9. The number of rotatable bonds is 3. The van der Waals surface area contributed by atoms with E-state index < -0.39 is 15.4 Å². The molecule has 0 unspecified atom stereocenters. The number of carbonyl (C=O) groups excluding carboxylic acids is 1. The van der Waals surface area contributed by atoms with E-state index >= 15 is 0 Å². The number of fused-ring (bicyclic) bond motifs is 1. The fraction of sp³-hybridized carbons (Fsp3) is 0.320. The first-order valence-corrected chi connectivity index (χ1v) is 12.4. The van der Waals surface area contributed by atoms with Gasteiger partial charge in [-0.15, -0.1) is 0 Å². The Morgan fingerprint density at radius 2 is 1.48 bits per heavy atom. The van der Waals surface area contributed by atoms with Crippen molar-refractivity contribution in [3.8, 4) is 0 Å². The molecule has 1 amide bonds. The van der Waals surface area contributed by atoms with E-state index in [1.165, 1.54) is 0 Å². The molecule has 0 atom stereocenters. The molecule has 0 radical (unpaired) electrons. The van der Waals surface area contributed by atoms with Crippen LogP contribution >= 0.6 is 0 Å². The number of ether oxygens (including phenoxy) is 1. The predicted molar refractivity (Wildman–Crippen MR) is 130 cm³/mol. The van der Waals surface area contributed by atoms with E-state index in [0.717, 1.165) is 11.1 Å². The Hall–Kier alpha value is -3.26. The summed E-state index contributed by atoms with van der Waals surface area (Å²) in [6.07, 6.45) is -0.336. The number of nitrogens with two attached hydrogens (primary N) is 1. The number of carbonyl (C=O) groups is 1. The number of hydrogen-bond donors (Lipinski definition) is 1. The van der Waals surface area contributed by atoms with Crippen molar-refractivity contribution in [3.63, 3.8) is 0 Å². The maximum absolute atomic E-state index is 13.4. The molecule has 8 heteroatoms. The molecule has 1 saturated heterocycles. The van der Waals surface area contributed by atoms with Gasteiger partial charge in [0.05, 0.1) is 15.5 Å². The topological polar surface area (TPSA) is 92.9 Å². The minimum Gasteiger partial charge on any atom is -0.444 e. The second-order valence-electron chi connectivity index (χ2n) is 9.12. The normalized spacial score (nSPS) is 15.0. The van der Waals surface area contributed by atoms with Crippen molar-refractivity contribution in [2.75, 3.05) is 36.8 Å². The summed E-state index contributed by atoms with van der Waals surface area (Å²) in [4.78, 5) is 16.5. The lowest BCUT2D eigenvalue weighted by Crippen LogP contribution is -2.50. The van der Waals surface area contributed by atoms with Gasteiger partial charge in [0.25, 0.3) is 0 Å². The molecule has 0 saturated carbocycles. The Bertz CT molecular complexity index is 1280. The van der Waals surface area contributed by atoms with Gasteiger partial charge in [-0.05, 0) is 39.0 Å². The van der Waals surface area contributed by atoms with Crippen LogP contribution in [-0.4, -0.2) is 51.2 Å². The molecule has 1 fully saturated rings. The quantitative estimate of drug-likeness (QED) is 0.577. The maximum atomic E-state index is 13.4. The van der Waals surface area contributed by atoms with E-state index in [1.807, 2.05) is 45.0 Å². The zero-order valence-electron chi connectivity index (χ0n) is 19.1. The van der Waals surface area contributed by atoms with Crippen molar-refractivity contribution in [2.24, 2.45) is 0 Å². The second kappa shape index (κ2) is 8.59. The summed E-state index contributed by atoms with van der Waals surface area (Å²) < 4.78 is 32.4. The summed E-state index contributed by atoms with van der Waals surface area (Å²) in [5, 5.41) is 1.58. The lowest BCUT2D eigenvalue weighted by Gasteiger charge is -2.37. The van der Waals surface area contributed by atoms with E-state index in [0.29, 0.717) is 31.6 Å². The molecule has 1 aliphatic rings. The minimum absolute atomic E-state index is 0.0944. The van der Waals surface area contributed by atoms with Crippen LogP contribution in [0.15, 0.2) is 70.5 Å². The Balaban J connectivity index is 1.71. The van der Waals surface area contributed by atoms with Gasteiger partial charge < -0.3 is 20.3 Å². The summed E-state index contributed by atoms with van der Waals surface area (Å²) in [5.74, 6) is 0. The smallest absolute Gasteiger partial charge is 0.410 e. The van der Waals surface area contributed by atoms with Gasteiger partial charge in [0, 0.05) is 42.6 Å². The van der Waals surface area contributed by atoms with Gasteiger partial charge >= 0.3 is 6.09 Å². The van der Waals surface area contributed by atoms with Crippen molar-refractivity contribution in [3.05, 3.63) is 60.7 Å². The molecule has 2 N–H and O–H groups in total. The van der Waals surface area contributed by atoms with Crippen LogP contribution < -0.4 is 10.6 Å². The van der Waals surface area contributed by atoms with E-state index in [1.54, 1.807) is 41.3 Å². The van der Waals surface area contributed by atoms with Crippen LogP contribution in [0, 0.1) is 0 Å². The largest absolute Gasteiger partial charge is 0.444 e. The minimum atomic E-state index is -3.80. The number of nitrogen functional groups attached to an aromatic ring is 1. The second-order valence-corrected chi connectivity index (χ2v) is 11.0. The van der Waals surface area contributed by atoms with Crippen LogP contribution in [0.3, 0.4) is 0 Å². The zero-order chi connectivity index (χ0) is 23.8. The Morgan fingerprint density at radius 1 is 0.909 bits per heavy atom. The average Bonchev–Trinajstić information content (AvgIpc) is 2.79. The molecule has 0 aliphatic carbocycles. The van der Waals surface area contributed by atoms with Crippen LogP contribution in [0.1, 0.15) is 20.8 Å². The summed E-state index contributed by atoms with van der Waals surface area (Å²) in [7, 11) is -3.80. The number of nitrogens with zero attached hydrogens (tertiary/aromatic N) is 2. The number of benzene rings is 3. The van der Waals surface area contributed by atoms with Gasteiger partial charge in [-0.1, -0.05) is 42.5 Å². The Labute approximate surface area is 194 Å². The van der Waals surface area contributed by atoms with Crippen molar-refractivity contribution in [1.29, 1.82) is 0 Å². The van der Waals surface area contributed by atoms with Gasteiger partial charge in [-0.3, -0.25) is 0 Å². The Morgan fingerprint density at radius 3 is 2.09 bits per heavy atom. The van der Waals surface area contributed by atoms with Gasteiger partial charge in [-0.2, -0.15) is 0 Å².